The molecule has 116 valence electrons. The van der Waals surface area contributed by atoms with Gasteiger partial charge in [0, 0.05) is 12.3 Å². The third kappa shape index (κ3) is 3.92. The zero-order valence-corrected chi connectivity index (χ0v) is 13.8. The molecule has 0 saturated carbocycles. The van der Waals surface area contributed by atoms with Gasteiger partial charge in [-0.05, 0) is 37.3 Å². The minimum Gasteiger partial charge on any atom is -0.494 e. The standard InChI is InChI=1S/C16H24N2O2S/c1-4-10-20-14-7-5-13(6-8-14)15-17-12(2)16(19)18(15)9-11-21-3/h5-8,12,15,17H,4,9-11H2,1-3H3. The van der Waals surface area contributed by atoms with Crippen molar-refractivity contribution in [3.05, 3.63) is 29.8 Å². The quantitative estimate of drug-likeness (QED) is 0.841. The number of nitrogens with zero attached hydrogens (tertiary/aromatic N) is 1. The van der Waals surface area contributed by atoms with E-state index in [1.54, 1.807) is 11.8 Å². The molecule has 1 aliphatic rings. The van der Waals surface area contributed by atoms with E-state index in [4.69, 9.17) is 4.74 Å². The average molecular weight is 308 g/mol. The minimum absolute atomic E-state index is 0.0279. The topological polar surface area (TPSA) is 41.6 Å². The Kier molecular flexibility index (Phi) is 5.94. The van der Waals surface area contributed by atoms with Crippen LogP contribution in [0.25, 0.3) is 0 Å². The molecule has 1 N–H and O–H groups in total. The minimum atomic E-state index is -0.118. The molecular formula is C16H24N2O2S. The van der Waals surface area contributed by atoms with Crippen molar-refractivity contribution in [3.63, 3.8) is 0 Å². The Morgan fingerprint density at radius 2 is 2.05 bits per heavy atom. The first-order chi connectivity index (χ1) is 10.2. The van der Waals surface area contributed by atoms with E-state index in [1.165, 1.54) is 0 Å². The summed E-state index contributed by atoms with van der Waals surface area (Å²) in [6, 6.07) is 7.92. The Morgan fingerprint density at radius 3 is 2.67 bits per heavy atom. The van der Waals surface area contributed by atoms with Gasteiger partial charge in [0.25, 0.3) is 0 Å². The van der Waals surface area contributed by atoms with Crippen molar-refractivity contribution >= 4 is 17.7 Å². The van der Waals surface area contributed by atoms with Crippen LogP contribution in [0.3, 0.4) is 0 Å². The summed E-state index contributed by atoms with van der Waals surface area (Å²) in [5.74, 6) is 2.02. The first-order valence-electron chi connectivity index (χ1n) is 7.45. The van der Waals surface area contributed by atoms with Crippen LogP contribution in [0.2, 0.25) is 0 Å². The number of nitrogens with one attached hydrogen (secondary N) is 1. The number of thioether (sulfide) groups is 1. The first kappa shape index (κ1) is 16.2. The summed E-state index contributed by atoms with van der Waals surface area (Å²) >= 11 is 1.76. The molecule has 4 nitrogen and oxygen atoms in total. The van der Waals surface area contributed by atoms with Crippen molar-refractivity contribution in [2.75, 3.05) is 25.2 Å². The second kappa shape index (κ2) is 7.71. The lowest BCUT2D eigenvalue weighted by molar-refractivity contribution is -0.129. The normalized spacial score (nSPS) is 21.9. The summed E-state index contributed by atoms with van der Waals surface area (Å²) in [5.41, 5.74) is 1.11. The second-order valence-corrected chi connectivity index (χ2v) is 6.22. The molecule has 1 aromatic rings. The van der Waals surface area contributed by atoms with E-state index in [9.17, 15) is 4.79 Å². The number of carbonyl (C=O) groups is 1. The maximum absolute atomic E-state index is 12.2. The smallest absolute Gasteiger partial charge is 0.241 e. The zero-order valence-electron chi connectivity index (χ0n) is 13.0. The summed E-state index contributed by atoms with van der Waals surface area (Å²) in [4.78, 5) is 14.2. The molecule has 0 spiro atoms. The van der Waals surface area contributed by atoms with E-state index in [0.717, 1.165) is 36.6 Å². The highest BCUT2D eigenvalue weighted by Gasteiger charge is 2.36. The average Bonchev–Trinajstić information content (AvgIpc) is 2.79. The van der Waals surface area contributed by atoms with Crippen molar-refractivity contribution in [3.8, 4) is 5.75 Å². The van der Waals surface area contributed by atoms with Crippen LogP contribution in [-0.4, -0.2) is 42.0 Å². The van der Waals surface area contributed by atoms with E-state index in [0.29, 0.717) is 0 Å². The monoisotopic (exact) mass is 308 g/mol. The molecule has 0 aliphatic carbocycles. The number of rotatable bonds is 7. The van der Waals surface area contributed by atoms with Crippen molar-refractivity contribution in [1.29, 1.82) is 0 Å². The Bertz CT molecular complexity index is 464. The van der Waals surface area contributed by atoms with Gasteiger partial charge in [0.15, 0.2) is 0 Å². The van der Waals surface area contributed by atoms with Crippen LogP contribution < -0.4 is 10.1 Å². The SMILES string of the molecule is CCCOc1ccc(C2NC(C)C(=O)N2CCSC)cc1. The molecule has 1 saturated heterocycles. The fraction of sp³-hybridized carbons (Fsp3) is 0.562. The van der Waals surface area contributed by atoms with E-state index in [-0.39, 0.29) is 18.1 Å². The highest BCUT2D eigenvalue weighted by molar-refractivity contribution is 7.98. The van der Waals surface area contributed by atoms with Crippen LogP contribution in [0.1, 0.15) is 32.0 Å². The van der Waals surface area contributed by atoms with Gasteiger partial charge in [-0.1, -0.05) is 19.1 Å². The zero-order chi connectivity index (χ0) is 15.2. The molecule has 21 heavy (non-hydrogen) atoms. The molecule has 1 heterocycles. The summed E-state index contributed by atoms with van der Waals surface area (Å²) < 4.78 is 5.60. The molecule has 1 aromatic carbocycles. The Balaban J connectivity index is 2.09. The van der Waals surface area contributed by atoms with E-state index in [1.807, 2.05) is 36.1 Å². The lowest BCUT2D eigenvalue weighted by Gasteiger charge is -2.24. The molecular weight excluding hydrogens is 284 g/mol. The lowest BCUT2D eigenvalue weighted by atomic mass is 10.1. The van der Waals surface area contributed by atoms with E-state index >= 15 is 0 Å². The molecule has 2 atom stereocenters. The van der Waals surface area contributed by atoms with Crippen molar-refractivity contribution in [1.82, 2.24) is 10.2 Å². The summed E-state index contributed by atoms with van der Waals surface area (Å²) in [6.07, 6.45) is 3.03. The van der Waals surface area contributed by atoms with Crippen LogP contribution in [-0.2, 0) is 4.79 Å². The summed E-state index contributed by atoms with van der Waals surface area (Å²) in [6.45, 7) is 5.52. The highest BCUT2D eigenvalue weighted by Crippen LogP contribution is 2.27. The van der Waals surface area contributed by atoms with Crippen LogP contribution in [0.15, 0.2) is 24.3 Å². The Labute approximate surface area is 131 Å². The molecule has 1 fully saturated rings. The summed E-state index contributed by atoms with van der Waals surface area (Å²) in [5, 5.41) is 3.37. The van der Waals surface area contributed by atoms with Gasteiger partial charge in [0.05, 0.1) is 12.6 Å². The maximum atomic E-state index is 12.2. The van der Waals surface area contributed by atoms with Crippen molar-refractivity contribution < 1.29 is 9.53 Å². The predicted octanol–water partition coefficient (Wildman–Crippen LogP) is 2.66. The predicted molar refractivity (Wildman–Crippen MR) is 87.7 cm³/mol. The van der Waals surface area contributed by atoms with Crippen molar-refractivity contribution in [2.24, 2.45) is 0 Å². The van der Waals surface area contributed by atoms with Gasteiger partial charge >= 0.3 is 0 Å². The molecule has 2 unspecified atom stereocenters. The first-order valence-corrected chi connectivity index (χ1v) is 8.85. The van der Waals surface area contributed by atoms with Gasteiger partial charge < -0.3 is 9.64 Å². The van der Waals surface area contributed by atoms with Gasteiger partial charge in [-0.3, -0.25) is 10.1 Å². The number of ether oxygens (including phenoxy) is 1. The Hall–Kier alpha value is -1.20. The number of hydrogen-bond acceptors (Lipinski definition) is 4. The van der Waals surface area contributed by atoms with Gasteiger partial charge in [-0.2, -0.15) is 11.8 Å². The number of benzene rings is 1. The van der Waals surface area contributed by atoms with E-state index < -0.39 is 0 Å². The fourth-order valence-corrected chi connectivity index (χ4v) is 2.82. The number of hydrogen-bond donors (Lipinski definition) is 1. The molecule has 0 aromatic heterocycles. The lowest BCUT2D eigenvalue weighted by Crippen LogP contribution is -2.32. The molecule has 2 rings (SSSR count). The second-order valence-electron chi connectivity index (χ2n) is 5.23. The number of carbonyl (C=O) groups excluding carboxylic acids is 1. The summed E-state index contributed by atoms with van der Waals surface area (Å²) in [7, 11) is 0. The highest BCUT2D eigenvalue weighted by atomic mass is 32.2. The molecule has 0 bridgehead atoms. The molecule has 1 aliphatic heterocycles. The molecule has 1 amide bonds. The van der Waals surface area contributed by atoms with Crippen molar-refractivity contribution in [2.45, 2.75) is 32.5 Å². The fourth-order valence-electron chi connectivity index (χ4n) is 2.45. The Morgan fingerprint density at radius 1 is 1.33 bits per heavy atom. The maximum Gasteiger partial charge on any atom is 0.241 e. The number of amides is 1. The van der Waals surface area contributed by atoms with E-state index in [2.05, 4.69) is 18.5 Å². The van der Waals surface area contributed by atoms with Crippen LogP contribution in [0, 0.1) is 0 Å². The third-order valence-corrected chi connectivity index (χ3v) is 4.17. The van der Waals surface area contributed by atoms with Crippen LogP contribution in [0.4, 0.5) is 0 Å². The van der Waals surface area contributed by atoms with Gasteiger partial charge in [-0.25, -0.2) is 0 Å². The van der Waals surface area contributed by atoms with Crippen LogP contribution >= 0.6 is 11.8 Å². The molecule has 0 radical (unpaired) electrons. The van der Waals surface area contributed by atoms with Gasteiger partial charge in [-0.15, -0.1) is 0 Å². The third-order valence-electron chi connectivity index (χ3n) is 3.58. The van der Waals surface area contributed by atoms with Gasteiger partial charge in [0.1, 0.15) is 11.9 Å². The van der Waals surface area contributed by atoms with Crippen LogP contribution in [0.5, 0.6) is 5.75 Å². The molecule has 5 heteroatoms. The van der Waals surface area contributed by atoms with Gasteiger partial charge in [0.2, 0.25) is 5.91 Å². The largest absolute Gasteiger partial charge is 0.494 e.